The van der Waals surface area contributed by atoms with E-state index in [0.29, 0.717) is 5.75 Å². The van der Waals surface area contributed by atoms with Crippen molar-refractivity contribution in [1.82, 2.24) is 0 Å². The van der Waals surface area contributed by atoms with Gasteiger partial charge in [-0.2, -0.15) is 4.57 Å². The number of aromatic nitrogens is 1. The van der Waals surface area contributed by atoms with Gasteiger partial charge in [0.15, 0.2) is 18.5 Å². The van der Waals surface area contributed by atoms with Gasteiger partial charge in [-0.3, -0.25) is 0 Å². The maximum absolute atomic E-state index is 10.2. The Morgan fingerprint density at radius 1 is 0.762 bits per heavy atom. The highest BCUT2D eigenvalue weighted by Gasteiger charge is 2.17. The van der Waals surface area contributed by atoms with E-state index >= 15 is 0 Å². The summed E-state index contributed by atoms with van der Waals surface area (Å²) >= 11 is 0. The van der Waals surface area contributed by atoms with Gasteiger partial charge in [-0.15, -0.1) is 0 Å². The summed E-state index contributed by atoms with van der Waals surface area (Å²) in [5.41, 5.74) is 3.07. The molecule has 0 fully saturated rings. The molecule has 0 aliphatic heterocycles. The summed E-state index contributed by atoms with van der Waals surface area (Å²) < 4.78 is 2.07. The molecule has 106 valence electrons. The van der Waals surface area contributed by atoms with Gasteiger partial charge in [-0.1, -0.05) is 48.5 Å². The molecule has 0 aliphatic rings. The number of rotatable bonds is 3. The lowest BCUT2D eigenvalue weighted by atomic mass is 10.1. The summed E-state index contributed by atoms with van der Waals surface area (Å²) in [7, 11) is 0. The molecule has 3 rings (SSSR count). The second-order valence-corrected chi connectivity index (χ2v) is 4.72. The molecule has 0 radical (unpaired) electrons. The SMILES string of the molecule is Oc1ccc[n+](Cc2ccccc2)c1-c1ccccc1.[Br-]. The summed E-state index contributed by atoms with van der Waals surface area (Å²) in [6.07, 6.45) is 2.00. The Labute approximate surface area is 135 Å². The molecule has 1 heterocycles. The van der Waals surface area contributed by atoms with Crippen LogP contribution < -0.4 is 21.5 Å². The minimum absolute atomic E-state index is 0. The van der Waals surface area contributed by atoms with Crippen LogP contribution in [0.15, 0.2) is 79.0 Å². The highest BCUT2D eigenvalue weighted by atomic mass is 79.9. The average Bonchev–Trinajstić information content (AvgIpc) is 2.49. The van der Waals surface area contributed by atoms with Gasteiger partial charge in [-0.25, -0.2) is 0 Å². The van der Waals surface area contributed by atoms with Crippen LogP contribution in [0.25, 0.3) is 11.3 Å². The molecule has 0 unspecified atom stereocenters. The normalized spacial score (nSPS) is 9.90. The first kappa shape index (κ1) is 15.3. The highest BCUT2D eigenvalue weighted by molar-refractivity contribution is 5.62. The van der Waals surface area contributed by atoms with Crippen molar-refractivity contribution in [2.45, 2.75) is 6.54 Å². The fraction of sp³-hybridized carbons (Fsp3) is 0.0556. The number of hydrogen-bond acceptors (Lipinski definition) is 1. The molecule has 0 saturated carbocycles. The first-order valence-electron chi connectivity index (χ1n) is 6.65. The number of benzene rings is 2. The monoisotopic (exact) mass is 341 g/mol. The van der Waals surface area contributed by atoms with E-state index in [0.717, 1.165) is 17.8 Å². The molecule has 0 atom stereocenters. The van der Waals surface area contributed by atoms with Crippen molar-refractivity contribution in [1.29, 1.82) is 0 Å². The van der Waals surface area contributed by atoms with Crippen molar-refractivity contribution < 1.29 is 26.7 Å². The third-order valence-corrected chi connectivity index (χ3v) is 3.29. The van der Waals surface area contributed by atoms with E-state index in [4.69, 9.17) is 0 Å². The van der Waals surface area contributed by atoms with Gasteiger partial charge in [0.1, 0.15) is 0 Å². The molecular weight excluding hydrogens is 326 g/mol. The Kier molecular flexibility index (Phi) is 5.12. The molecule has 0 aliphatic carbocycles. The smallest absolute Gasteiger partial charge is 0.254 e. The van der Waals surface area contributed by atoms with Crippen molar-refractivity contribution >= 4 is 0 Å². The highest BCUT2D eigenvalue weighted by Crippen LogP contribution is 2.24. The standard InChI is InChI=1S/C18H15NO.BrH/c20-17-12-7-13-19(14-15-8-3-1-4-9-15)18(17)16-10-5-2-6-11-16;/h1-13H,14H2;1H. The number of hydrogen-bond donors (Lipinski definition) is 1. The lowest BCUT2D eigenvalue weighted by Crippen LogP contribution is -3.00. The van der Waals surface area contributed by atoms with Crippen LogP contribution in [0.1, 0.15) is 5.56 Å². The fourth-order valence-corrected chi connectivity index (χ4v) is 2.36. The Morgan fingerprint density at radius 3 is 2.05 bits per heavy atom. The first-order chi connectivity index (χ1) is 9.84. The molecule has 1 N–H and O–H groups in total. The lowest BCUT2D eigenvalue weighted by molar-refractivity contribution is -0.677. The van der Waals surface area contributed by atoms with E-state index in [-0.39, 0.29) is 17.0 Å². The first-order valence-corrected chi connectivity index (χ1v) is 6.65. The minimum atomic E-state index is 0. The van der Waals surface area contributed by atoms with Crippen LogP contribution in [0.5, 0.6) is 5.75 Å². The van der Waals surface area contributed by atoms with Gasteiger partial charge in [0, 0.05) is 11.6 Å². The van der Waals surface area contributed by atoms with Crippen molar-refractivity contribution in [3.63, 3.8) is 0 Å². The molecule has 2 nitrogen and oxygen atoms in total. The van der Waals surface area contributed by atoms with Gasteiger partial charge in [0.05, 0.1) is 5.56 Å². The van der Waals surface area contributed by atoms with Gasteiger partial charge < -0.3 is 22.1 Å². The van der Waals surface area contributed by atoms with E-state index < -0.39 is 0 Å². The number of halogens is 1. The molecule has 21 heavy (non-hydrogen) atoms. The topological polar surface area (TPSA) is 24.1 Å². The molecule has 2 aromatic carbocycles. The van der Waals surface area contributed by atoms with Crippen molar-refractivity contribution in [3.05, 3.63) is 84.6 Å². The molecular formula is C18H16BrNO. The van der Waals surface area contributed by atoms with Crippen LogP contribution in [-0.4, -0.2) is 5.11 Å². The van der Waals surface area contributed by atoms with Gasteiger partial charge in [-0.05, 0) is 18.2 Å². The van der Waals surface area contributed by atoms with E-state index in [2.05, 4.69) is 16.7 Å². The Balaban J connectivity index is 0.00000161. The summed E-state index contributed by atoms with van der Waals surface area (Å²) in [6.45, 7) is 0.736. The number of nitrogens with zero attached hydrogens (tertiary/aromatic N) is 1. The van der Waals surface area contributed by atoms with Crippen molar-refractivity contribution in [2.75, 3.05) is 0 Å². The molecule has 3 heteroatoms. The average molecular weight is 342 g/mol. The van der Waals surface area contributed by atoms with Crippen LogP contribution in [0, 0.1) is 0 Å². The molecule has 0 bridgehead atoms. The largest absolute Gasteiger partial charge is 1.00 e. The zero-order valence-corrected chi connectivity index (χ0v) is 13.1. The lowest BCUT2D eigenvalue weighted by Gasteiger charge is -2.06. The summed E-state index contributed by atoms with van der Waals surface area (Å²) in [6, 6.07) is 23.8. The minimum Gasteiger partial charge on any atom is -1.00 e. The van der Waals surface area contributed by atoms with Crippen LogP contribution in [0.3, 0.4) is 0 Å². The molecule has 3 aromatic rings. The zero-order chi connectivity index (χ0) is 13.8. The van der Waals surface area contributed by atoms with E-state index in [9.17, 15) is 5.11 Å². The zero-order valence-electron chi connectivity index (χ0n) is 11.5. The Hall–Kier alpha value is -2.13. The molecule has 0 spiro atoms. The predicted octanol–water partition coefficient (Wildman–Crippen LogP) is 0.399. The maximum atomic E-state index is 10.2. The van der Waals surface area contributed by atoms with Crippen LogP contribution in [0.4, 0.5) is 0 Å². The number of aromatic hydroxyl groups is 1. The van der Waals surface area contributed by atoms with Gasteiger partial charge in [0.2, 0.25) is 0 Å². The summed E-state index contributed by atoms with van der Waals surface area (Å²) in [5.74, 6) is 0.301. The molecule has 0 saturated heterocycles. The van der Waals surface area contributed by atoms with Crippen molar-refractivity contribution in [2.24, 2.45) is 0 Å². The Morgan fingerprint density at radius 2 is 1.38 bits per heavy atom. The van der Waals surface area contributed by atoms with Crippen LogP contribution in [0.2, 0.25) is 0 Å². The van der Waals surface area contributed by atoms with Crippen LogP contribution in [-0.2, 0) is 6.54 Å². The third-order valence-electron chi connectivity index (χ3n) is 3.29. The second kappa shape index (κ2) is 7.04. The molecule has 1 aromatic heterocycles. The van der Waals surface area contributed by atoms with Gasteiger partial charge in [0.25, 0.3) is 5.69 Å². The number of pyridine rings is 1. The summed E-state index contributed by atoms with van der Waals surface area (Å²) in [5, 5.41) is 10.2. The second-order valence-electron chi connectivity index (χ2n) is 4.72. The van der Waals surface area contributed by atoms with Crippen molar-refractivity contribution in [3.8, 4) is 17.0 Å². The Bertz CT molecular complexity index is 699. The van der Waals surface area contributed by atoms with E-state index in [1.807, 2.05) is 60.8 Å². The quantitative estimate of drug-likeness (QED) is 0.685. The van der Waals surface area contributed by atoms with E-state index in [1.165, 1.54) is 5.56 Å². The van der Waals surface area contributed by atoms with E-state index in [1.54, 1.807) is 6.07 Å². The third kappa shape index (κ3) is 3.50. The molecule has 0 amide bonds. The predicted molar refractivity (Wildman–Crippen MR) is 79.3 cm³/mol. The maximum Gasteiger partial charge on any atom is 0.254 e. The fourth-order valence-electron chi connectivity index (χ4n) is 2.36. The van der Waals surface area contributed by atoms with Crippen LogP contribution >= 0.6 is 0 Å². The summed E-state index contributed by atoms with van der Waals surface area (Å²) in [4.78, 5) is 0. The van der Waals surface area contributed by atoms with Gasteiger partial charge >= 0.3 is 0 Å².